The van der Waals surface area contributed by atoms with Crippen LogP contribution in [0.5, 0.6) is 0 Å². The molecule has 0 spiro atoms. The van der Waals surface area contributed by atoms with E-state index in [2.05, 4.69) is 6.92 Å². The molecular weight excluding hydrogens is 281 g/mol. The Kier molecular flexibility index (Phi) is 4.54. The number of Topliss-reactive ketones (excluding diaryl/α,β-unsaturated/α-hetero) is 1. The fourth-order valence-corrected chi connectivity index (χ4v) is 3.33. The Balaban J connectivity index is 2.12. The highest BCUT2D eigenvalue weighted by atomic mass is 35.5. The van der Waals surface area contributed by atoms with E-state index in [4.69, 9.17) is 28.9 Å². The number of hydrogen-bond donors (Lipinski definition) is 1. The lowest BCUT2D eigenvalue weighted by Crippen LogP contribution is -2.51. The fourth-order valence-electron chi connectivity index (χ4n) is 2.86. The van der Waals surface area contributed by atoms with Crippen molar-refractivity contribution in [1.29, 1.82) is 0 Å². The van der Waals surface area contributed by atoms with Gasteiger partial charge in [-0.05, 0) is 36.5 Å². The zero-order chi connectivity index (χ0) is 14.0. The molecule has 0 bridgehead atoms. The molecule has 2 N–H and O–H groups in total. The molecule has 0 amide bonds. The minimum atomic E-state index is -0.680. The molecule has 2 nitrogen and oxygen atoms in total. The second-order valence-electron chi connectivity index (χ2n) is 5.69. The Morgan fingerprint density at radius 2 is 2.21 bits per heavy atom. The van der Waals surface area contributed by atoms with Crippen LogP contribution in [0.15, 0.2) is 18.2 Å². The molecule has 2 rings (SSSR count). The summed E-state index contributed by atoms with van der Waals surface area (Å²) in [5.41, 5.74) is 6.43. The van der Waals surface area contributed by atoms with E-state index in [1.54, 1.807) is 18.2 Å². The van der Waals surface area contributed by atoms with Crippen LogP contribution in [0, 0.1) is 5.92 Å². The van der Waals surface area contributed by atoms with E-state index in [9.17, 15) is 4.79 Å². The molecule has 0 saturated heterocycles. The average Bonchev–Trinajstić information content (AvgIpc) is 2.32. The van der Waals surface area contributed by atoms with Crippen molar-refractivity contribution in [1.82, 2.24) is 0 Å². The molecular formula is C15H19Cl2NO. The van der Waals surface area contributed by atoms with Gasteiger partial charge in [-0.15, -0.1) is 0 Å². The van der Waals surface area contributed by atoms with Crippen molar-refractivity contribution in [2.45, 2.75) is 44.6 Å². The summed E-state index contributed by atoms with van der Waals surface area (Å²) in [7, 11) is 0. The summed E-state index contributed by atoms with van der Waals surface area (Å²) < 4.78 is 0. The van der Waals surface area contributed by atoms with E-state index in [1.165, 1.54) is 0 Å². The van der Waals surface area contributed by atoms with E-state index < -0.39 is 5.54 Å². The summed E-state index contributed by atoms with van der Waals surface area (Å²) in [6.07, 6.45) is 4.03. The normalized spacial score (nSPS) is 27.3. The van der Waals surface area contributed by atoms with Gasteiger partial charge in [-0.25, -0.2) is 0 Å². The summed E-state index contributed by atoms with van der Waals surface area (Å²) in [6, 6.07) is 5.22. The maximum absolute atomic E-state index is 12.5. The second kappa shape index (κ2) is 5.82. The largest absolute Gasteiger partial charge is 0.319 e. The molecule has 1 fully saturated rings. The van der Waals surface area contributed by atoms with E-state index in [0.29, 0.717) is 22.4 Å². The van der Waals surface area contributed by atoms with Gasteiger partial charge in [-0.1, -0.05) is 49.0 Å². The maximum Gasteiger partial charge on any atom is 0.157 e. The lowest BCUT2D eigenvalue weighted by molar-refractivity contribution is -0.125. The molecule has 0 aromatic heterocycles. The first-order chi connectivity index (χ1) is 8.90. The number of halogens is 2. The van der Waals surface area contributed by atoms with Crippen LogP contribution in [-0.2, 0) is 11.2 Å². The number of nitrogens with two attached hydrogens (primary N) is 1. The third-order valence-corrected chi connectivity index (χ3v) is 4.54. The molecule has 2 atom stereocenters. The SMILES string of the molecule is CC1CCCC(N)(C(=O)Cc2ccc(Cl)cc2Cl)C1. The number of carbonyl (C=O) groups excluding carboxylic acids is 1. The first-order valence-corrected chi connectivity index (χ1v) is 7.42. The monoisotopic (exact) mass is 299 g/mol. The summed E-state index contributed by atoms with van der Waals surface area (Å²) in [5, 5.41) is 1.11. The summed E-state index contributed by atoms with van der Waals surface area (Å²) >= 11 is 12.0. The van der Waals surface area contributed by atoms with Crippen molar-refractivity contribution in [3.05, 3.63) is 33.8 Å². The third-order valence-electron chi connectivity index (χ3n) is 3.95. The summed E-state index contributed by atoms with van der Waals surface area (Å²) in [4.78, 5) is 12.5. The number of carbonyl (C=O) groups is 1. The van der Waals surface area contributed by atoms with Crippen LogP contribution in [0.25, 0.3) is 0 Å². The van der Waals surface area contributed by atoms with Crippen molar-refractivity contribution in [3.63, 3.8) is 0 Å². The first-order valence-electron chi connectivity index (χ1n) is 6.67. The molecule has 1 aliphatic rings. The van der Waals surface area contributed by atoms with Gasteiger partial charge < -0.3 is 5.73 Å². The van der Waals surface area contributed by atoms with Crippen LogP contribution >= 0.6 is 23.2 Å². The minimum Gasteiger partial charge on any atom is -0.319 e. The zero-order valence-corrected chi connectivity index (χ0v) is 12.6. The standard InChI is InChI=1S/C15H19Cl2NO/c1-10-3-2-6-15(18,9-10)14(19)7-11-4-5-12(16)8-13(11)17/h4-5,8,10H,2-3,6-7,9,18H2,1H3. The topological polar surface area (TPSA) is 43.1 Å². The predicted octanol–water partition coefficient (Wildman–Crippen LogP) is 4.01. The molecule has 104 valence electrons. The van der Waals surface area contributed by atoms with Crippen LogP contribution in [0.3, 0.4) is 0 Å². The van der Waals surface area contributed by atoms with Crippen LogP contribution in [0.4, 0.5) is 0 Å². The lowest BCUT2D eigenvalue weighted by Gasteiger charge is -2.35. The minimum absolute atomic E-state index is 0.0864. The van der Waals surface area contributed by atoms with Crippen molar-refractivity contribution >= 4 is 29.0 Å². The highest BCUT2D eigenvalue weighted by molar-refractivity contribution is 6.35. The van der Waals surface area contributed by atoms with Crippen LogP contribution in [0.2, 0.25) is 10.0 Å². The van der Waals surface area contributed by atoms with Gasteiger partial charge in [-0.3, -0.25) is 4.79 Å². The molecule has 19 heavy (non-hydrogen) atoms. The Hall–Kier alpha value is -0.570. The molecule has 0 radical (unpaired) electrons. The summed E-state index contributed by atoms with van der Waals surface area (Å²) in [5.74, 6) is 0.603. The zero-order valence-electron chi connectivity index (χ0n) is 11.1. The Labute approximate surface area is 124 Å². The van der Waals surface area contributed by atoms with E-state index in [-0.39, 0.29) is 5.78 Å². The van der Waals surface area contributed by atoms with Gasteiger partial charge in [0.15, 0.2) is 5.78 Å². The Morgan fingerprint density at radius 3 is 2.84 bits per heavy atom. The van der Waals surface area contributed by atoms with Crippen LogP contribution in [-0.4, -0.2) is 11.3 Å². The van der Waals surface area contributed by atoms with E-state index in [1.807, 2.05) is 0 Å². The number of ketones is 1. The maximum atomic E-state index is 12.5. The first kappa shape index (κ1) is 14.8. The molecule has 0 aliphatic heterocycles. The highest BCUT2D eigenvalue weighted by Crippen LogP contribution is 2.32. The van der Waals surface area contributed by atoms with Crippen LogP contribution in [0.1, 0.15) is 38.2 Å². The number of benzene rings is 1. The number of rotatable bonds is 3. The van der Waals surface area contributed by atoms with Gasteiger partial charge in [-0.2, -0.15) is 0 Å². The van der Waals surface area contributed by atoms with Gasteiger partial charge in [0, 0.05) is 16.5 Å². The smallest absolute Gasteiger partial charge is 0.157 e. The fraction of sp³-hybridized carbons (Fsp3) is 0.533. The third kappa shape index (κ3) is 3.50. The lowest BCUT2D eigenvalue weighted by atomic mass is 9.73. The van der Waals surface area contributed by atoms with E-state index >= 15 is 0 Å². The van der Waals surface area contributed by atoms with Gasteiger partial charge in [0.25, 0.3) is 0 Å². The molecule has 1 aliphatic carbocycles. The van der Waals surface area contributed by atoms with Crippen molar-refractivity contribution < 1.29 is 4.79 Å². The summed E-state index contributed by atoms with van der Waals surface area (Å²) in [6.45, 7) is 2.16. The second-order valence-corrected chi connectivity index (χ2v) is 6.54. The predicted molar refractivity (Wildman–Crippen MR) is 79.7 cm³/mol. The number of hydrogen-bond acceptors (Lipinski definition) is 2. The quantitative estimate of drug-likeness (QED) is 0.916. The van der Waals surface area contributed by atoms with Crippen molar-refractivity contribution in [2.75, 3.05) is 0 Å². The molecule has 0 heterocycles. The molecule has 2 unspecified atom stereocenters. The van der Waals surface area contributed by atoms with Gasteiger partial charge in [0.2, 0.25) is 0 Å². The van der Waals surface area contributed by atoms with Crippen molar-refractivity contribution in [2.24, 2.45) is 11.7 Å². The van der Waals surface area contributed by atoms with E-state index in [0.717, 1.165) is 31.2 Å². The molecule has 1 saturated carbocycles. The van der Waals surface area contributed by atoms with Gasteiger partial charge in [0.05, 0.1) is 5.54 Å². The van der Waals surface area contributed by atoms with Gasteiger partial charge in [0.1, 0.15) is 0 Å². The average molecular weight is 300 g/mol. The highest BCUT2D eigenvalue weighted by Gasteiger charge is 2.37. The molecule has 4 heteroatoms. The van der Waals surface area contributed by atoms with Crippen LogP contribution < -0.4 is 5.73 Å². The molecule has 1 aromatic carbocycles. The Morgan fingerprint density at radius 1 is 1.47 bits per heavy atom. The van der Waals surface area contributed by atoms with Gasteiger partial charge >= 0.3 is 0 Å². The molecule has 1 aromatic rings. The Bertz CT molecular complexity index is 489. The van der Waals surface area contributed by atoms with Crippen molar-refractivity contribution in [3.8, 4) is 0 Å².